The zero-order valence-electron chi connectivity index (χ0n) is 10.1. The summed E-state index contributed by atoms with van der Waals surface area (Å²) in [7, 11) is 0. The van der Waals surface area contributed by atoms with Crippen molar-refractivity contribution >= 4 is 27.5 Å². The van der Waals surface area contributed by atoms with Gasteiger partial charge < -0.3 is 5.32 Å². The first-order chi connectivity index (χ1) is 9.74. The number of hydrogen-bond donors (Lipinski definition) is 2. The highest BCUT2D eigenvalue weighted by Gasteiger charge is 2.09. The van der Waals surface area contributed by atoms with Gasteiger partial charge in [0, 0.05) is 0 Å². The Morgan fingerprint density at radius 3 is 3.20 bits per heavy atom. The maximum atomic E-state index is 12.1. The van der Waals surface area contributed by atoms with E-state index >= 15 is 0 Å². The van der Waals surface area contributed by atoms with E-state index in [9.17, 15) is 9.59 Å². The fourth-order valence-electron chi connectivity index (χ4n) is 1.65. The Morgan fingerprint density at radius 1 is 1.50 bits per heavy atom. The third-order valence-electron chi connectivity index (χ3n) is 2.60. The van der Waals surface area contributed by atoms with Gasteiger partial charge in [-0.1, -0.05) is 5.21 Å². The molecule has 0 aliphatic heterocycles. The van der Waals surface area contributed by atoms with Crippen molar-refractivity contribution in [3.8, 4) is 0 Å². The molecule has 2 N–H and O–H groups in total. The molecule has 102 valence electrons. The van der Waals surface area contributed by atoms with Crippen LogP contribution in [0.5, 0.6) is 0 Å². The van der Waals surface area contributed by atoms with Crippen LogP contribution in [0.4, 0.5) is 0 Å². The van der Waals surface area contributed by atoms with Crippen LogP contribution >= 0.6 is 11.3 Å². The summed E-state index contributed by atoms with van der Waals surface area (Å²) in [4.78, 5) is 28.6. The molecule has 0 aromatic carbocycles. The van der Waals surface area contributed by atoms with E-state index in [4.69, 9.17) is 0 Å². The van der Waals surface area contributed by atoms with Gasteiger partial charge >= 0.3 is 0 Å². The molecule has 0 bridgehead atoms. The van der Waals surface area contributed by atoms with Crippen LogP contribution in [0.1, 0.15) is 5.82 Å². The van der Waals surface area contributed by atoms with Crippen molar-refractivity contribution in [2.24, 2.45) is 0 Å². The van der Waals surface area contributed by atoms with Crippen LogP contribution in [0, 0.1) is 0 Å². The first kappa shape index (κ1) is 12.4. The van der Waals surface area contributed by atoms with Crippen molar-refractivity contribution < 1.29 is 4.79 Å². The van der Waals surface area contributed by atoms with Gasteiger partial charge in [0.05, 0.1) is 18.3 Å². The van der Waals surface area contributed by atoms with E-state index in [1.54, 1.807) is 11.4 Å². The molecule has 9 nitrogen and oxygen atoms in total. The highest BCUT2D eigenvalue weighted by atomic mass is 32.1. The Labute approximate surface area is 115 Å². The minimum atomic E-state index is -0.326. The molecule has 0 spiro atoms. The molecule has 0 saturated heterocycles. The number of amides is 1. The SMILES string of the molecule is O=C(Cn1cnc2sccc2c1=O)NCc1nn[nH]n1. The highest BCUT2D eigenvalue weighted by Crippen LogP contribution is 2.12. The van der Waals surface area contributed by atoms with E-state index in [-0.39, 0.29) is 24.6 Å². The van der Waals surface area contributed by atoms with E-state index in [1.807, 2.05) is 0 Å². The number of thiophene rings is 1. The number of carbonyl (C=O) groups excluding carboxylic acids is 1. The van der Waals surface area contributed by atoms with Gasteiger partial charge in [-0.3, -0.25) is 14.2 Å². The third-order valence-corrected chi connectivity index (χ3v) is 3.42. The van der Waals surface area contributed by atoms with Gasteiger partial charge in [0.25, 0.3) is 5.56 Å². The summed E-state index contributed by atoms with van der Waals surface area (Å²) in [6.07, 6.45) is 1.37. The lowest BCUT2D eigenvalue weighted by molar-refractivity contribution is -0.121. The number of nitrogens with zero attached hydrogens (tertiary/aromatic N) is 5. The number of carbonyl (C=O) groups is 1. The number of H-pyrrole nitrogens is 1. The van der Waals surface area contributed by atoms with Gasteiger partial charge in [-0.25, -0.2) is 4.98 Å². The molecule has 1 amide bonds. The predicted octanol–water partition coefficient (Wildman–Crippen LogP) is -0.713. The van der Waals surface area contributed by atoms with Crippen molar-refractivity contribution in [2.45, 2.75) is 13.1 Å². The van der Waals surface area contributed by atoms with Gasteiger partial charge in [-0.05, 0) is 11.4 Å². The quantitative estimate of drug-likeness (QED) is 0.655. The molecule has 3 rings (SSSR count). The zero-order valence-corrected chi connectivity index (χ0v) is 10.9. The second-order valence-electron chi connectivity index (χ2n) is 3.92. The minimum absolute atomic E-state index is 0.102. The fourth-order valence-corrected chi connectivity index (χ4v) is 2.37. The lowest BCUT2D eigenvalue weighted by atomic mass is 10.4. The van der Waals surface area contributed by atoms with Gasteiger partial charge in [-0.2, -0.15) is 5.21 Å². The van der Waals surface area contributed by atoms with Crippen molar-refractivity contribution in [1.29, 1.82) is 0 Å². The number of nitrogens with one attached hydrogen (secondary N) is 2. The second kappa shape index (κ2) is 5.17. The van der Waals surface area contributed by atoms with E-state index in [0.717, 1.165) is 0 Å². The van der Waals surface area contributed by atoms with Crippen LogP contribution in [-0.4, -0.2) is 36.1 Å². The molecule has 20 heavy (non-hydrogen) atoms. The van der Waals surface area contributed by atoms with Crippen LogP contribution in [-0.2, 0) is 17.9 Å². The molecule has 3 aromatic rings. The summed E-state index contributed by atoms with van der Waals surface area (Å²) >= 11 is 1.39. The van der Waals surface area contributed by atoms with Crippen LogP contribution in [0.25, 0.3) is 10.2 Å². The molecule has 0 aliphatic carbocycles. The van der Waals surface area contributed by atoms with Crippen molar-refractivity contribution in [3.05, 3.63) is 34.0 Å². The molecule has 0 atom stereocenters. The molecule has 0 fully saturated rings. The van der Waals surface area contributed by atoms with Crippen molar-refractivity contribution in [1.82, 2.24) is 35.5 Å². The summed E-state index contributed by atoms with van der Waals surface area (Å²) in [5, 5.41) is 18.0. The summed E-state index contributed by atoms with van der Waals surface area (Å²) in [6.45, 7) is 0.0493. The standard InChI is InChI=1S/C10H9N7O2S/c18-8(11-3-7-13-15-16-14-7)4-17-5-12-9-6(10(17)19)1-2-20-9/h1-2,5H,3-4H2,(H,11,18)(H,13,14,15,16). The van der Waals surface area contributed by atoms with Crippen LogP contribution in [0.3, 0.4) is 0 Å². The Morgan fingerprint density at radius 2 is 2.40 bits per heavy atom. The molecular formula is C10H9N7O2S. The molecule has 0 radical (unpaired) electrons. The molecular weight excluding hydrogens is 282 g/mol. The largest absolute Gasteiger partial charge is 0.347 e. The number of rotatable bonds is 4. The summed E-state index contributed by atoms with van der Waals surface area (Å²) in [5.74, 6) is 0.0467. The van der Waals surface area contributed by atoms with E-state index in [1.165, 1.54) is 22.2 Å². The maximum Gasteiger partial charge on any atom is 0.262 e. The van der Waals surface area contributed by atoms with Crippen molar-refractivity contribution in [2.75, 3.05) is 0 Å². The third kappa shape index (κ3) is 2.40. The minimum Gasteiger partial charge on any atom is -0.347 e. The van der Waals surface area contributed by atoms with Crippen molar-refractivity contribution in [3.63, 3.8) is 0 Å². The lowest BCUT2D eigenvalue weighted by Crippen LogP contribution is -2.32. The Bertz CT molecular complexity index is 791. The van der Waals surface area contributed by atoms with Crippen LogP contribution < -0.4 is 10.9 Å². The number of fused-ring (bicyclic) bond motifs is 1. The maximum absolute atomic E-state index is 12.1. The van der Waals surface area contributed by atoms with Gasteiger partial charge in [0.1, 0.15) is 11.4 Å². The Balaban J connectivity index is 1.71. The molecule has 0 unspecified atom stereocenters. The molecule has 0 aliphatic rings. The number of hydrogen-bond acceptors (Lipinski definition) is 7. The van der Waals surface area contributed by atoms with Gasteiger partial charge in [0.2, 0.25) is 5.91 Å². The number of tetrazole rings is 1. The van der Waals surface area contributed by atoms with Crippen LogP contribution in [0.2, 0.25) is 0 Å². The lowest BCUT2D eigenvalue weighted by Gasteiger charge is -2.05. The van der Waals surface area contributed by atoms with Gasteiger partial charge in [0.15, 0.2) is 5.82 Å². The van der Waals surface area contributed by atoms with Gasteiger partial charge in [-0.15, -0.1) is 21.5 Å². The topological polar surface area (TPSA) is 118 Å². The number of aromatic amines is 1. The summed E-state index contributed by atoms with van der Waals surface area (Å²) < 4.78 is 1.26. The highest BCUT2D eigenvalue weighted by molar-refractivity contribution is 7.16. The summed E-state index contributed by atoms with van der Waals surface area (Å²) in [5.41, 5.74) is -0.231. The molecule has 0 saturated carbocycles. The molecule has 3 heterocycles. The molecule has 3 aromatic heterocycles. The first-order valence-corrected chi connectivity index (χ1v) is 6.53. The normalized spacial score (nSPS) is 10.8. The monoisotopic (exact) mass is 291 g/mol. The smallest absolute Gasteiger partial charge is 0.262 e. The Kier molecular flexibility index (Phi) is 3.21. The zero-order chi connectivity index (χ0) is 13.9. The molecule has 10 heteroatoms. The fraction of sp³-hybridized carbons (Fsp3) is 0.200. The summed E-state index contributed by atoms with van der Waals surface area (Å²) in [6, 6.07) is 1.70. The Hall–Kier alpha value is -2.62. The first-order valence-electron chi connectivity index (χ1n) is 5.66. The number of aromatic nitrogens is 6. The van der Waals surface area contributed by atoms with E-state index in [0.29, 0.717) is 16.0 Å². The average molecular weight is 291 g/mol. The van der Waals surface area contributed by atoms with Crippen LogP contribution in [0.15, 0.2) is 22.6 Å². The average Bonchev–Trinajstić information content (AvgIpc) is 3.10. The van der Waals surface area contributed by atoms with E-state index < -0.39 is 0 Å². The predicted molar refractivity (Wildman–Crippen MR) is 69.9 cm³/mol. The second-order valence-corrected chi connectivity index (χ2v) is 4.82. The van der Waals surface area contributed by atoms with E-state index in [2.05, 4.69) is 30.9 Å².